The Morgan fingerprint density at radius 3 is 2.57 bits per heavy atom. The molecule has 0 saturated carbocycles. The molecule has 0 aliphatic carbocycles. The second kappa shape index (κ2) is 13.4. The summed E-state index contributed by atoms with van der Waals surface area (Å²) in [6.07, 6.45) is 1.91. The Kier molecular flexibility index (Phi) is 11.0. The first-order chi connectivity index (χ1) is 16.3. The molecule has 0 amide bonds. The Hall–Kier alpha value is -2.66. The van der Waals surface area contributed by atoms with Crippen molar-refractivity contribution >= 4 is 29.0 Å². The van der Waals surface area contributed by atoms with Gasteiger partial charge in [0, 0.05) is 23.9 Å². The number of halogens is 1. The van der Waals surface area contributed by atoms with Gasteiger partial charge < -0.3 is 19.7 Å². The fourth-order valence-corrected chi connectivity index (χ4v) is 3.51. The number of ether oxygens (including phenoxy) is 2. The smallest absolute Gasteiger partial charge is 0.856 e. The van der Waals surface area contributed by atoms with Gasteiger partial charge in [0.05, 0.1) is 29.5 Å². The summed E-state index contributed by atoms with van der Waals surface area (Å²) in [5.74, 6) is -0.0869. The van der Waals surface area contributed by atoms with Crippen LogP contribution in [0.4, 0.5) is 5.69 Å². The zero-order valence-electron chi connectivity index (χ0n) is 20.1. The third-order valence-corrected chi connectivity index (χ3v) is 5.23. The van der Waals surface area contributed by atoms with Crippen LogP contribution in [-0.4, -0.2) is 50.6 Å². The molecule has 1 aromatic heterocycles. The largest absolute Gasteiger partial charge is 1.00 e. The monoisotopic (exact) mass is 509 g/mol. The number of carbonyl (C=O) groups is 1. The first kappa shape index (κ1) is 28.6. The fraction of sp³-hybridized carbons (Fsp3) is 0.348. The van der Waals surface area contributed by atoms with Crippen LogP contribution in [0.5, 0.6) is 17.2 Å². The van der Waals surface area contributed by atoms with E-state index in [0.29, 0.717) is 59.4 Å². The predicted octanol–water partition coefficient (Wildman–Crippen LogP) is 0.313. The van der Waals surface area contributed by atoms with Gasteiger partial charge in [0.2, 0.25) is 5.82 Å². The number of rotatable bonds is 11. The van der Waals surface area contributed by atoms with Crippen molar-refractivity contribution in [3.8, 4) is 17.2 Å². The van der Waals surface area contributed by atoms with Crippen LogP contribution < -0.4 is 44.1 Å². The quantitative estimate of drug-likeness (QED) is 0.123. The van der Waals surface area contributed by atoms with Crippen molar-refractivity contribution in [2.24, 2.45) is 4.99 Å². The number of aromatic amines is 1. The normalized spacial score (nSPS) is 11.1. The zero-order chi connectivity index (χ0) is 24.7. The van der Waals surface area contributed by atoms with Crippen molar-refractivity contribution in [1.82, 2.24) is 20.6 Å². The molecule has 12 heteroatoms. The van der Waals surface area contributed by atoms with Gasteiger partial charge in [-0.3, -0.25) is 9.79 Å². The molecule has 180 valence electrons. The number of nitrogens with zero attached hydrogens (tertiary/aromatic N) is 4. The number of phenols is 1. The number of benzene rings is 2. The molecule has 0 radical (unpaired) electrons. The van der Waals surface area contributed by atoms with Gasteiger partial charge in [-0.05, 0) is 49.2 Å². The molecule has 3 aromatic rings. The minimum Gasteiger partial charge on any atom is -0.856 e. The molecular weight excluding hydrogens is 485 g/mol. The molecule has 2 N–H and O–H groups in total. The summed E-state index contributed by atoms with van der Waals surface area (Å²) < 4.78 is 11.6. The number of aromatic hydroxyl groups is 1. The van der Waals surface area contributed by atoms with E-state index >= 15 is 0 Å². The number of ketones is 1. The van der Waals surface area contributed by atoms with Gasteiger partial charge >= 0.3 is 29.6 Å². The zero-order valence-corrected chi connectivity index (χ0v) is 22.8. The van der Waals surface area contributed by atoms with Gasteiger partial charge in [0.25, 0.3) is 0 Å². The van der Waals surface area contributed by atoms with Crippen LogP contribution in [-0.2, 0) is 6.42 Å². The molecule has 0 atom stereocenters. The van der Waals surface area contributed by atoms with E-state index in [1.54, 1.807) is 31.2 Å². The van der Waals surface area contributed by atoms with E-state index in [1.165, 1.54) is 6.92 Å². The van der Waals surface area contributed by atoms with Crippen LogP contribution in [0.15, 0.2) is 29.3 Å². The number of tetrazole rings is 1. The number of H-pyrrole nitrogens is 1. The first-order valence-electron chi connectivity index (χ1n) is 10.7. The van der Waals surface area contributed by atoms with E-state index in [2.05, 4.69) is 25.6 Å². The van der Waals surface area contributed by atoms with E-state index in [-0.39, 0.29) is 52.5 Å². The molecule has 0 bridgehead atoms. The van der Waals surface area contributed by atoms with Gasteiger partial charge in [0.15, 0.2) is 5.78 Å². The number of hydrogen-bond acceptors (Lipinski definition) is 9. The molecule has 0 saturated heterocycles. The van der Waals surface area contributed by atoms with E-state index in [1.807, 2.05) is 6.92 Å². The molecule has 0 unspecified atom stereocenters. The van der Waals surface area contributed by atoms with Crippen molar-refractivity contribution < 1.29 is 54.0 Å². The van der Waals surface area contributed by atoms with Gasteiger partial charge in [-0.25, -0.2) is 0 Å². The van der Waals surface area contributed by atoms with Crippen LogP contribution in [0.1, 0.15) is 54.0 Å². The van der Waals surface area contributed by atoms with Crippen molar-refractivity contribution in [3.63, 3.8) is 0 Å². The van der Waals surface area contributed by atoms with E-state index in [0.717, 1.165) is 6.42 Å². The molecule has 2 aromatic carbocycles. The maximum absolute atomic E-state index is 12.1. The number of hydrogen-bond donors (Lipinski definition) is 2. The minimum absolute atomic E-state index is 0. The second-order valence-corrected chi connectivity index (χ2v) is 7.92. The maximum atomic E-state index is 12.1. The number of aliphatic imine (C=N–C) groups is 1. The van der Waals surface area contributed by atoms with E-state index in [9.17, 15) is 15.0 Å². The molecule has 3 rings (SSSR count). The van der Waals surface area contributed by atoms with Crippen LogP contribution in [0.3, 0.4) is 0 Å². The van der Waals surface area contributed by atoms with Crippen LogP contribution >= 0.6 is 11.6 Å². The summed E-state index contributed by atoms with van der Waals surface area (Å²) in [5.41, 5.74) is 1.98. The molecule has 0 spiro atoms. The molecule has 0 aliphatic heterocycles. The Morgan fingerprint density at radius 2 is 1.94 bits per heavy atom. The fourth-order valence-electron chi connectivity index (χ4n) is 3.24. The summed E-state index contributed by atoms with van der Waals surface area (Å²) in [6, 6.07) is 6.50. The van der Waals surface area contributed by atoms with E-state index in [4.69, 9.17) is 21.1 Å². The van der Waals surface area contributed by atoms with Crippen molar-refractivity contribution in [2.45, 2.75) is 40.0 Å². The number of phenolic OH excluding ortho intramolecular Hbond substituents is 1. The standard InChI is InChI=1S/C23H26ClN5O5.Na/c1-4-6-16-19(8-7-15(14(3)30)21(16)31)33-9-5-10-34-20-12-18(13(2)11-17(20)24)25-23(32)22-26-28-29-27-22;/h7-8,11-12,31H,4-6,9-10H2,1-3H3,(H,25,32)(H,26,27,28,29);/q;+1/p-1. The Balaban J connectivity index is 0.00000432. The van der Waals surface area contributed by atoms with E-state index < -0.39 is 5.90 Å². The molecule has 0 fully saturated rings. The molecule has 0 aliphatic rings. The minimum atomic E-state index is -0.638. The topological polar surface area (TPSA) is 146 Å². The Bertz CT molecular complexity index is 1190. The summed E-state index contributed by atoms with van der Waals surface area (Å²) in [5, 5.41) is 35.8. The molecule has 1 heterocycles. The number of aromatic nitrogens is 4. The first-order valence-corrected chi connectivity index (χ1v) is 11.1. The van der Waals surface area contributed by atoms with Gasteiger partial charge in [0.1, 0.15) is 17.2 Å². The van der Waals surface area contributed by atoms with Crippen molar-refractivity contribution in [1.29, 1.82) is 0 Å². The van der Waals surface area contributed by atoms with Gasteiger partial charge in [-0.15, -0.1) is 10.2 Å². The Morgan fingerprint density at radius 1 is 1.23 bits per heavy atom. The average molecular weight is 510 g/mol. The van der Waals surface area contributed by atoms with Gasteiger partial charge in [-0.2, -0.15) is 5.21 Å². The number of nitrogens with one attached hydrogen (secondary N) is 1. The number of Topliss-reactive ketones (excluding diaryl/α,β-unsaturated/α-hetero) is 1. The van der Waals surface area contributed by atoms with Crippen molar-refractivity contribution in [2.75, 3.05) is 13.2 Å². The SMILES string of the molecule is CCCc1c(OCCCOc2cc(N=C([O-])c3nn[nH]n3)c(C)cc2Cl)ccc(C(C)=O)c1O.[Na+]. The maximum Gasteiger partial charge on any atom is 1.00 e. The number of carbonyl (C=O) groups excluding carboxylic acids is 1. The van der Waals surface area contributed by atoms with Gasteiger partial charge in [-0.1, -0.05) is 24.9 Å². The predicted molar refractivity (Wildman–Crippen MR) is 124 cm³/mol. The molecular formula is C23H25ClN5NaO5. The average Bonchev–Trinajstić information content (AvgIpc) is 3.33. The number of aryl methyl sites for hydroxylation is 1. The molecule has 10 nitrogen and oxygen atoms in total. The van der Waals surface area contributed by atoms with Crippen LogP contribution in [0.25, 0.3) is 0 Å². The second-order valence-electron chi connectivity index (χ2n) is 7.52. The van der Waals surface area contributed by atoms with Crippen LogP contribution in [0.2, 0.25) is 5.02 Å². The summed E-state index contributed by atoms with van der Waals surface area (Å²) >= 11 is 6.28. The Labute approximate surface area is 230 Å². The molecule has 35 heavy (non-hydrogen) atoms. The summed E-state index contributed by atoms with van der Waals surface area (Å²) in [4.78, 5) is 15.7. The summed E-state index contributed by atoms with van der Waals surface area (Å²) in [6.45, 7) is 5.79. The van der Waals surface area contributed by atoms with Crippen molar-refractivity contribution in [3.05, 3.63) is 51.8 Å². The third kappa shape index (κ3) is 7.41. The van der Waals surface area contributed by atoms with Crippen LogP contribution in [0, 0.1) is 6.92 Å². The third-order valence-electron chi connectivity index (χ3n) is 4.93. The summed E-state index contributed by atoms with van der Waals surface area (Å²) in [7, 11) is 0.